The molecule has 0 aromatic carbocycles. The number of halogens is 3. The van der Waals surface area contributed by atoms with E-state index in [0.717, 1.165) is 5.75 Å². The lowest BCUT2D eigenvalue weighted by Crippen LogP contribution is -2.34. The van der Waals surface area contributed by atoms with Gasteiger partial charge in [-0.3, -0.25) is 4.79 Å². The van der Waals surface area contributed by atoms with Crippen LogP contribution in [-0.4, -0.2) is 31.3 Å². The topological polar surface area (TPSA) is 44.8 Å². The molecule has 0 spiro atoms. The molecule has 2 rings (SSSR count). The minimum Gasteiger partial charge on any atom is -0.485 e. The average molecular weight is 362 g/mol. The molecule has 1 aliphatic heterocycles. The van der Waals surface area contributed by atoms with Crippen molar-refractivity contribution in [3.63, 3.8) is 0 Å². The summed E-state index contributed by atoms with van der Waals surface area (Å²) in [5, 5.41) is 3.71. The maximum Gasteiger partial charge on any atom is 0.341 e. The second-order valence-electron chi connectivity index (χ2n) is 3.95. The zero-order valence-electron chi connectivity index (χ0n) is 9.74. The number of fused-ring (bicyclic) bond motifs is 1. The Morgan fingerprint density at radius 1 is 1.42 bits per heavy atom. The Morgan fingerprint density at radius 2 is 2.16 bits per heavy atom. The monoisotopic (exact) mass is 360 g/mol. The minimum absolute atomic E-state index is 0.111. The van der Waals surface area contributed by atoms with Crippen LogP contribution < -0.4 is 9.47 Å². The summed E-state index contributed by atoms with van der Waals surface area (Å²) < 4.78 is 16.1. The molecule has 106 valence electrons. The quantitative estimate of drug-likeness (QED) is 0.457. The van der Waals surface area contributed by atoms with Crippen molar-refractivity contribution in [2.24, 2.45) is 0 Å². The standard InChI is InChI=1S/C10H11Cl3O4SSi/c11-19(12,13)2-1-10(14)16-4-7-3-15-8-5-18-6-9(8)17-7/h5-7H,1-4H2. The highest BCUT2D eigenvalue weighted by atomic mass is 35.8. The predicted molar refractivity (Wildman–Crippen MR) is 77.9 cm³/mol. The van der Waals surface area contributed by atoms with Gasteiger partial charge in [-0.15, -0.1) is 44.6 Å². The maximum absolute atomic E-state index is 11.5. The zero-order valence-corrected chi connectivity index (χ0v) is 13.8. The number of ether oxygens (including phenoxy) is 3. The molecule has 2 heterocycles. The lowest BCUT2D eigenvalue weighted by atomic mass is 10.3. The van der Waals surface area contributed by atoms with Crippen molar-refractivity contribution in [2.75, 3.05) is 13.2 Å². The van der Waals surface area contributed by atoms with Gasteiger partial charge in [-0.05, 0) is 6.04 Å². The molecule has 1 aromatic rings. The van der Waals surface area contributed by atoms with Gasteiger partial charge in [-0.25, -0.2) is 0 Å². The zero-order chi connectivity index (χ0) is 13.9. The van der Waals surface area contributed by atoms with Gasteiger partial charge in [0.05, 0.1) is 0 Å². The van der Waals surface area contributed by atoms with Crippen LogP contribution in [0.15, 0.2) is 10.8 Å². The van der Waals surface area contributed by atoms with Crippen LogP contribution in [0.25, 0.3) is 0 Å². The molecule has 19 heavy (non-hydrogen) atoms. The Labute approximate surface area is 129 Å². The molecule has 0 saturated heterocycles. The Morgan fingerprint density at radius 3 is 2.89 bits per heavy atom. The predicted octanol–water partition coefficient (Wildman–Crippen LogP) is 3.48. The number of carbonyl (C=O) groups is 1. The summed E-state index contributed by atoms with van der Waals surface area (Å²) in [4.78, 5) is 11.5. The van der Waals surface area contributed by atoms with Gasteiger partial charge < -0.3 is 14.2 Å². The molecule has 1 unspecified atom stereocenters. The molecule has 1 aromatic heterocycles. The van der Waals surface area contributed by atoms with Crippen molar-refractivity contribution in [3.8, 4) is 11.5 Å². The van der Waals surface area contributed by atoms with Crippen LogP contribution in [0.2, 0.25) is 6.04 Å². The highest BCUT2D eigenvalue weighted by molar-refractivity contribution is 7.64. The number of thiophene rings is 1. The van der Waals surface area contributed by atoms with Crippen molar-refractivity contribution in [1.82, 2.24) is 0 Å². The largest absolute Gasteiger partial charge is 0.485 e. The lowest BCUT2D eigenvalue weighted by molar-refractivity contribution is -0.146. The average Bonchev–Trinajstić information content (AvgIpc) is 2.80. The molecule has 0 bridgehead atoms. The van der Waals surface area contributed by atoms with Crippen LogP contribution >= 0.6 is 44.6 Å². The van der Waals surface area contributed by atoms with Gasteiger partial charge in [-0.2, -0.15) is 0 Å². The lowest BCUT2D eigenvalue weighted by Gasteiger charge is -2.24. The highest BCUT2D eigenvalue weighted by Crippen LogP contribution is 2.35. The Balaban J connectivity index is 1.71. The van der Waals surface area contributed by atoms with Crippen LogP contribution in [0.4, 0.5) is 0 Å². The molecule has 0 saturated carbocycles. The van der Waals surface area contributed by atoms with E-state index in [2.05, 4.69) is 0 Å². The fourth-order valence-corrected chi connectivity index (χ4v) is 3.45. The summed E-state index contributed by atoms with van der Waals surface area (Å²) in [7, 11) is 0. The van der Waals surface area contributed by atoms with E-state index in [1.54, 1.807) is 0 Å². The molecule has 0 fully saturated rings. The Kier molecular flexibility index (Phi) is 5.25. The first kappa shape index (κ1) is 15.2. The molecule has 0 N–H and O–H groups in total. The van der Waals surface area contributed by atoms with Crippen molar-refractivity contribution >= 4 is 56.5 Å². The van der Waals surface area contributed by atoms with Crippen LogP contribution in [0.1, 0.15) is 6.42 Å². The normalized spacial score (nSPS) is 18.2. The van der Waals surface area contributed by atoms with E-state index >= 15 is 0 Å². The van der Waals surface area contributed by atoms with Gasteiger partial charge in [0.25, 0.3) is 0 Å². The van der Waals surface area contributed by atoms with Crippen molar-refractivity contribution < 1.29 is 19.0 Å². The van der Waals surface area contributed by atoms with Gasteiger partial charge in [0, 0.05) is 17.2 Å². The summed E-state index contributed by atoms with van der Waals surface area (Å²) in [6.45, 7) is 0.492. The van der Waals surface area contributed by atoms with E-state index in [0.29, 0.717) is 12.4 Å². The second-order valence-corrected chi connectivity index (χ2v) is 14.0. The molecule has 1 aliphatic rings. The number of hydrogen-bond donors (Lipinski definition) is 0. The summed E-state index contributed by atoms with van der Waals surface area (Å²) in [6, 6.07) is -2.51. The third kappa shape index (κ3) is 5.04. The Hall–Kier alpha value is -0.143. The summed E-state index contributed by atoms with van der Waals surface area (Å²) in [5.74, 6) is 1.03. The number of rotatable bonds is 5. The first-order chi connectivity index (χ1) is 8.94. The van der Waals surface area contributed by atoms with Gasteiger partial charge >= 0.3 is 12.0 Å². The first-order valence-electron chi connectivity index (χ1n) is 5.52. The summed E-state index contributed by atoms with van der Waals surface area (Å²) >= 11 is 18.6. The first-order valence-corrected chi connectivity index (χ1v) is 11.7. The van der Waals surface area contributed by atoms with Crippen molar-refractivity contribution in [3.05, 3.63) is 10.8 Å². The summed E-state index contributed by atoms with van der Waals surface area (Å²) in [6.07, 6.45) is -0.184. The minimum atomic E-state index is -2.77. The van der Waals surface area contributed by atoms with E-state index in [9.17, 15) is 4.79 Å². The summed E-state index contributed by atoms with van der Waals surface area (Å²) in [5.41, 5.74) is 0. The van der Waals surface area contributed by atoms with E-state index in [1.807, 2.05) is 10.8 Å². The highest BCUT2D eigenvalue weighted by Gasteiger charge is 2.27. The molecule has 9 heteroatoms. The molecule has 0 aliphatic carbocycles. The van der Waals surface area contributed by atoms with Crippen LogP contribution in [0.3, 0.4) is 0 Å². The van der Waals surface area contributed by atoms with Crippen molar-refractivity contribution in [1.29, 1.82) is 0 Å². The smallest absolute Gasteiger partial charge is 0.341 e. The van der Waals surface area contributed by atoms with E-state index in [1.165, 1.54) is 11.3 Å². The van der Waals surface area contributed by atoms with Crippen LogP contribution in [-0.2, 0) is 9.53 Å². The van der Waals surface area contributed by atoms with E-state index in [-0.39, 0.29) is 25.2 Å². The molecule has 4 nitrogen and oxygen atoms in total. The van der Waals surface area contributed by atoms with E-state index in [4.69, 9.17) is 47.4 Å². The Bertz CT molecular complexity index is 448. The third-order valence-corrected chi connectivity index (χ3v) is 5.57. The number of esters is 1. The molecular formula is C10H11Cl3O4SSi. The fourth-order valence-electron chi connectivity index (χ4n) is 1.45. The SMILES string of the molecule is O=C(CC[Si](Cl)(Cl)Cl)OCC1COc2cscc2O1. The second kappa shape index (κ2) is 6.54. The van der Waals surface area contributed by atoms with Gasteiger partial charge in [0.1, 0.15) is 13.2 Å². The van der Waals surface area contributed by atoms with Gasteiger partial charge in [0.15, 0.2) is 17.6 Å². The van der Waals surface area contributed by atoms with Crippen LogP contribution in [0, 0.1) is 0 Å². The van der Waals surface area contributed by atoms with Crippen LogP contribution in [0.5, 0.6) is 11.5 Å². The molecular weight excluding hydrogens is 351 g/mol. The molecule has 1 atom stereocenters. The number of hydrogen-bond acceptors (Lipinski definition) is 5. The maximum atomic E-state index is 11.5. The number of carbonyl (C=O) groups excluding carboxylic acids is 1. The van der Waals surface area contributed by atoms with Crippen molar-refractivity contribution in [2.45, 2.75) is 18.6 Å². The fraction of sp³-hybridized carbons (Fsp3) is 0.500. The third-order valence-electron chi connectivity index (χ3n) is 2.35. The van der Waals surface area contributed by atoms with Gasteiger partial charge in [0.2, 0.25) is 0 Å². The molecule has 0 amide bonds. The van der Waals surface area contributed by atoms with Gasteiger partial charge in [-0.1, -0.05) is 0 Å². The molecule has 0 radical (unpaired) electrons. The van der Waals surface area contributed by atoms with E-state index < -0.39 is 12.0 Å².